The first kappa shape index (κ1) is 32.5. The van der Waals surface area contributed by atoms with Gasteiger partial charge in [0.1, 0.15) is 24.1 Å². The summed E-state index contributed by atoms with van der Waals surface area (Å²) in [4.78, 5) is 29.4. The van der Waals surface area contributed by atoms with Crippen LogP contribution in [0, 0.1) is 0 Å². The number of benzene rings is 3. The van der Waals surface area contributed by atoms with Gasteiger partial charge < -0.3 is 19.7 Å². The summed E-state index contributed by atoms with van der Waals surface area (Å²) in [5.41, 5.74) is 1.87. The lowest BCUT2D eigenvalue weighted by atomic mass is 10.0. The number of nitrogens with one attached hydrogen (secondary N) is 1. The molecule has 0 aliphatic heterocycles. The highest BCUT2D eigenvalue weighted by Crippen LogP contribution is 2.30. The average Bonchev–Trinajstić information content (AvgIpc) is 2.98. The summed E-state index contributed by atoms with van der Waals surface area (Å²) in [6.07, 6.45) is 3.00. The second kappa shape index (κ2) is 15.8. The van der Waals surface area contributed by atoms with Crippen molar-refractivity contribution < 1.29 is 27.5 Å². The monoisotopic (exact) mass is 595 g/mol. The SMILES string of the molecule is CCCCNC(=O)[C@@H](Cc1ccccc1)N(Cc1cccc(OC)c1)C(=O)CN(c1ccccc1OCC)S(C)(=O)=O. The van der Waals surface area contributed by atoms with Crippen LogP contribution in [0.2, 0.25) is 0 Å². The van der Waals surface area contributed by atoms with Crippen LogP contribution in [-0.4, -0.2) is 64.2 Å². The van der Waals surface area contributed by atoms with E-state index in [2.05, 4.69) is 5.32 Å². The maximum Gasteiger partial charge on any atom is 0.244 e. The standard InChI is InChI=1S/C32H41N3O6S/c1-5-7-20-33-32(37)29(22-25-14-9-8-10-15-25)34(23-26-16-13-17-27(21-26)40-3)31(36)24-35(42(4,38)39)28-18-11-12-19-30(28)41-6-2/h8-19,21,29H,5-7,20,22-24H2,1-4H3,(H,33,37)/t29-/m1/s1. The number of rotatable bonds is 16. The number of amides is 2. The molecule has 42 heavy (non-hydrogen) atoms. The molecule has 0 saturated carbocycles. The van der Waals surface area contributed by atoms with E-state index in [9.17, 15) is 18.0 Å². The van der Waals surface area contributed by atoms with E-state index in [1.54, 1.807) is 50.4 Å². The summed E-state index contributed by atoms with van der Waals surface area (Å²) in [5, 5.41) is 2.98. The maximum atomic E-state index is 14.2. The van der Waals surface area contributed by atoms with E-state index in [0.29, 0.717) is 24.7 Å². The third-order valence-corrected chi connectivity index (χ3v) is 7.83. The molecule has 3 aromatic carbocycles. The fourth-order valence-electron chi connectivity index (χ4n) is 4.56. The molecule has 0 heterocycles. The smallest absolute Gasteiger partial charge is 0.244 e. The van der Waals surface area contributed by atoms with Gasteiger partial charge in [0, 0.05) is 19.5 Å². The topological polar surface area (TPSA) is 105 Å². The van der Waals surface area contributed by atoms with Crippen LogP contribution in [0.4, 0.5) is 5.69 Å². The molecule has 0 aliphatic carbocycles. The Labute approximate surface area is 249 Å². The van der Waals surface area contributed by atoms with Crippen molar-refractivity contribution in [2.45, 2.75) is 45.7 Å². The van der Waals surface area contributed by atoms with Crippen LogP contribution in [-0.2, 0) is 32.6 Å². The lowest BCUT2D eigenvalue weighted by Crippen LogP contribution is -2.53. The minimum absolute atomic E-state index is 0.0689. The van der Waals surface area contributed by atoms with Gasteiger partial charge in [0.15, 0.2) is 0 Å². The van der Waals surface area contributed by atoms with Crippen LogP contribution in [0.5, 0.6) is 11.5 Å². The minimum atomic E-state index is -3.91. The Morgan fingerprint density at radius 1 is 0.929 bits per heavy atom. The Morgan fingerprint density at radius 3 is 2.29 bits per heavy atom. The molecule has 0 saturated heterocycles. The Morgan fingerprint density at radius 2 is 1.62 bits per heavy atom. The highest BCUT2D eigenvalue weighted by atomic mass is 32.2. The van der Waals surface area contributed by atoms with Crippen LogP contribution < -0.4 is 19.1 Å². The zero-order valence-corrected chi connectivity index (χ0v) is 25.6. The summed E-state index contributed by atoms with van der Waals surface area (Å²) in [6.45, 7) is 4.18. The number of hydrogen-bond acceptors (Lipinski definition) is 6. The van der Waals surface area contributed by atoms with Crippen LogP contribution in [0.1, 0.15) is 37.8 Å². The quantitative estimate of drug-likeness (QED) is 0.246. The molecule has 0 aromatic heterocycles. The summed E-state index contributed by atoms with van der Waals surface area (Å²) >= 11 is 0. The van der Waals surface area contributed by atoms with Gasteiger partial charge in [-0.25, -0.2) is 8.42 Å². The molecule has 2 amide bonds. The van der Waals surface area contributed by atoms with Crippen LogP contribution in [0.3, 0.4) is 0 Å². The normalized spacial score (nSPS) is 11.8. The lowest BCUT2D eigenvalue weighted by Gasteiger charge is -2.33. The summed E-state index contributed by atoms with van der Waals surface area (Å²) in [5.74, 6) is 0.122. The number of nitrogens with zero attached hydrogens (tertiary/aromatic N) is 2. The number of anilines is 1. The summed E-state index contributed by atoms with van der Waals surface area (Å²) in [6, 6.07) is 22.5. The number of hydrogen-bond donors (Lipinski definition) is 1. The molecule has 0 radical (unpaired) electrons. The van der Waals surface area contributed by atoms with Crippen molar-refractivity contribution in [1.82, 2.24) is 10.2 Å². The van der Waals surface area contributed by atoms with Crippen LogP contribution >= 0.6 is 0 Å². The highest BCUT2D eigenvalue weighted by molar-refractivity contribution is 7.92. The van der Waals surface area contributed by atoms with Gasteiger partial charge in [0.05, 0.1) is 25.7 Å². The molecule has 10 heteroatoms. The van der Waals surface area contributed by atoms with Crippen molar-refractivity contribution in [3.63, 3.8) is 0 Å². The molecule has 1 N–H and O–H groups in total. The van der Waals surface area contributed by atoms with Crippen molar-refractivity contribution in [3.05, 3.63) is 90.0 Å². The maximum absolute atomic E-state index is 14.2. The Balaban J connectivity index is 2.07. The van der Waals surface area contributed by atoms with Crippen molar-refractivity contribution in [1.29, 1.82) is 0 Å². The molecule has 9 nitrogen and oxygen atoms in total. The number of unbranched alkanes of at least 4 members (excludes halogenated alkanes) is 1. The van der Waals surface area contributed by atoms with Crippen molar-refractivity contribution in [3.8, 4) is 11.5 Å². The van der Waals surface area contributed by atoms with E-state index in [1.165, 1.54) is 4.90 Å². The van der Waals surface area contributed by atoms with Gasteiger partial charge >= 0.3 is 0 Å². The Kier molecular flexibility index (Phi) is 12.2. The number of para-hydroxylation sites is 2. The first-order valence-electron chi connectivity index (χ1n) is 14.1. The first-order chi connectivity index (χ1) is 20.2. The largest absolute Gasteiger partial charge is 0.497 e. The van der Waals surface area contributed by atoms with E-state index in [1.807, 2.05) is 49.4 Å². The van der Waals surface area contributed by atoms with Crippen molar-refractivity contribution in [2.24, 2.45) is 0 Å². The number of carbonyl (C=O) groups excluding carboxylic acids is 2. The van der Waals surface area contributed by atoms with Gasteiger partial charge in [-0.1, -0.05) is 67.9 Å². The first-order valence-corrected chi connectivity index (χ1v) is 16.0. The molecule has 1 atom stereocenters. The zero-order valence-electron chi connectivity index (χ0n) is 24.8. The van der Waals surface area contributed by atoms with Gasteiger partial charge in [-0.2, -0.15) is 0 Å². The molecule has 0 unspecified atom stereocenters. The van der Waals surface area contributed by atoms with E-state index < -0.39 is 28.5 Å². The van der Waals surface area contributed by atoms with E-state index in [0.717, 1.165) is 34.5 Å². The van der Waals surface area contributed by atoms with E-state index in [-0.39, 0.29) is 24.6 Å². The van der Waals surface area contributed by atoms with Gasteiger partial charge in [-0.3, -0.25) is 13.9 Å². The van der Waals surface area contributed by atoms with E-state index in [4.69, 9.17) is 9.47 Å². The third-order valence-electron chi connectivity index (χ3n) is 6.70. The predicted molar refractivity (Wildman–Crippen MR) is 165 cm³/mol. The summed E-state index contributed by atoms with van der Waals surface area (Å²) < 4.78 is 38.2. The molecule has 0 fully saturated rings. The van der Waals surface area contributed by atoms with Crippen molar-refractivity contribution >= 4 is 27.5 Å². The molecule has 0 spiro atoms. The van der Waals surface area contributed by atoms with Crippen LogP contribution in [0.15, 0.2) is 78.9 Å². The molecule has 226 valence electrons. The Hall–Kier alpha value is -4.05. The number of methoxy groups -OCH3 is 1. The fourth-order valence-corrected chi connectivity index (χ4v) is 5.42. The molecule has 3 rings (SSSR count). The average molecular weight is 596 g/mol. The minimum Gasteiger partial charge on any atom is -0.497 e. The van der Waals surface area contributed by atoms with Gasteiger partial charge in [-0.05, 0) is 48.7 Å². The number of carbonyl (C=O) groups is 2. The van der Waals surface area contributed by atoms with E-state index >= 15 is 0 Å². The number of ether oxygens (including phenoxy) is 2. The highest BCUT2D eigenvalue weighted by Gasteiger charge is 2.33. The summed E-state index contributed by atoms with van der Waals surface area (Å²) in [7, 11) is -2.35. The molecular weight excluding hydrogens is 554 g/mol. The molecule has 0 bridgehead atoms. The van der Waals surface area contributed by atoms with Crippen LogP contribution in [0.25, 0.3) is 0 Å². The Bertz CT molecular complexity index is 1410. The van der Waals surface area contributed by atoms with Gasteiger partial charge in [0.25, 0.3) is 0 Å². The second-order valence-electron chi connectivity index (χ2n) is 9.89. The molecular formula is C32H41N3O6S. The molecule has 0 aliphatic rings. The third kappa shape index (κ3) is 9.24. The van der Waals surface area contributed by atoms with Gasteiger partial charge in [-0.15, -0.1) is 0 Å². The fraction of sp³-hybridized carbons (Fsp3) is 0.375. The molecule has 3 aromatic rings. The van der Waals surface area contributed by atoms with Crippen molar-refractivity contribution in [2.75, 3.05) is 37.4 Å². The van der Waals surface area contributed by atoms with Gasteiger partial charge in [0.2, 0.25) is 21.8 Å². The second-order valence-corrected chi connectivity index (χ2v) is 11.8. The predicted octanol–water partition coefficient (Wildman–Crippen LogP) is 4.42. The lowest BCUT2D eigenvalue weighted by molar-refractivity contribution is -0.140. The zero-order chi connectivity index (χ0) is 30.5. The number of sulfonamides is 1.